The van der Waals surface area contributed by atoms with Crippen molar-refractivity contribution >= 4 is 0 Å². The van der Waals surface area contributed by atoms with Crippen molar-refractivity contribution < 1.29 is 0 Å². The highest BCUT2D eigenvalue weighted by Gasteiger charge is 2.34. The topological polar surface area (TPSA) is 28.2 Å². The van der Waals surface area contributed by atoms with E-state index < -0.39 is 0 Å². The molecule has 1 aliphatic rings. The highest BCUT2D eigenvalue weighted by atomic mass is 15.2. The summed E-state index contributed by atoms with van der Waals surface area (Å²) >= 11 is 0. The van der Waals surface area contributed by atoms with Gasteiger partial charge in [-0.15, -0.1) is 0 Å². The van der Waals surface area contributed by atoms with Crippen LogP contribution in [0.3, 0.4) is 0 Å². The molecule has 1 aromatic rings. The molecular formula is C17H29N3. The number of nitrogens with zero attached hydrogens (tertiary/aromatic N) is 2. The van der Waals surface area contributed by atoms with Crippen molar-refractivity contribution in [2.24, 2.45) is 11.8 Å². The summed E-state index contributed by atoms with van der Waals surface area (Å²) in [5, 5.41) is 3.62. The van der Waals surface area contributed by atoms with Crippen molar-refractivity contribution in [1.82, 2.24) is 15.2 Å². The van der Waals surface area contributed by atoms with Crippen LogP contribution in [0.1, 0.15) is 39.2 Å². The van der Waals surface area contributed by atoms with Crippen LogP contribution < -0.4 is 5.32 Å². The zero-order valence-electron chi connectivity index (χ0n) is 13.2. The Morgan fingerprint density at radius 1 is 1.30 bits per heavy atom. The van der Waals surface area contributed by atoms with Gasteiger partial charge in [-0.1, -0.05) is 20.8 Å². The zero-order valence-corrected chi connectivity index (χ0v) is 13.2. The zero-order chi connectivity index (χ0) is 14.4. The number of hydrogen-bond donors (Lipinski definition) is 1. The van der Waals surface area contributed by atoms with Crippen LogP contribution in [0.5, 0.6) is 0 Å². The van der Waals surface area contributed by atoms with Gasteiger partial charge in [0.05, 0.1) is 0 Å². The van der Waals surface area contributed by atoms with E-state index in [-0.39, 0.29) is 0 Å². The first-order chi connectivity index (χ1) is 9.70. The number of rotatable bonds is 8. The van der Waals surface area contributed by atoms with Crippen LogP contribution in [0.15, 0.2) is 24.5 Å². The van der Waals surface area contributed by atoms with E-state index in [0.717, 1.165) is 37.5 Å². The molecule has 1 aromatic heterocycles. The molecule has 2 atom stereocenters. The third-order valence-corrected chi connectivity index (χ3v) is 4.35. The van der Waals surface area contributed by atoms with Gasteiger partial charge in [0.2, 0.25) is 0 Å². The van der Waals surface area contributed by atoms with Gasteiger partial charge < -0.3 is 5.32 Å². The molecular weight excluding hydrogens is 246 g/mol. The molecule has 3 heteroatoms. The van der Waals surface area contributed by atoms with Crippen molar-refractivity contribution in [3.63, 3.8) is 0 Å². The third-order valence-electron chi connectivity index (χ3n) is 4.35. The van der Waals surface area contributed by atoms with E-state index >= 15 is 0 Å². The minimum atomic E-state index is 0.743. The van der Waals surface area contributed by atoms with Gasteiger partial charge in [0.1, 0.15) is 0 Å². The van der Waals surface area contributed by atoms with E-state index in [0.29, 0.717) is 0 Å². The van der Waals surface area contributed by atoms with Crippen molar-refractivity contribution in [2.75, 3.05) is 19.6 Å². The van der Waals surface area contributed by atoms with E-state index in [2.05, 4.69) is 48.1 Å². The second-order valence-electron chi connectivity index (χ2n) is 6.38. The van der Waals surface area contributed by atoms with Gasteiger partial charge in [-0.2, -0.15) is 0 Å². The van der Waals surface area contributed by atoms with Crippen LogP contribution in [0.25, 0.3) is 0 Å². The molecule has 1 heterocycles. The van der Waals surface area contributed by atoms with E-state index in [1.165, 1.54) is 24.9 Å². The van der Waals surface area contributed by atoms with E-state index in [4.69, 9.17) is 0 Å². The van der Waals surface area contributed by atoms with Gasteiger partial charge >= 0.3 is 0 Å². The first kappa shape index (κ1) is 15.5. The Hall–Kier alpha value is -0.930. The maximum atomic E-state index is 4.10. The molecule has 1 aliphatic carbocycles. The van der Waals surface area contributed by atoms with Crippen LogP contribution >= 0.6 is 0 Å². The largest absolute Gasteiger partial charge is 0.316 e. The first-order valence-corrected chi connectivity index (χ1v) is 8.04. The quantitative estimate of drug-likeness (QED) is 0.790. The molecule has 0 saturated heterocycles. The van der Waals surface area contributed by atoms with E-state index in [1.54, 1.807) is 0 Å². The number of pyridine rings is 1. The minimum absolute atomic E-state index is 0.743. The monoisotopic (exact) mass is 275 g/mol. The lowest BCUT2D eigenvalue weighted by atomic mass is 9.78. The second-order valence-corrected chi connectivity index (χ2v) is 6.38. The highest BCUT2D eigenvalue weighted by Crippen LogP contribution is 2.32. The Balaban J connectivity index is 1.82. The summed E-state index contributed by atoms with van der Waals surface area (Å²) in [6.07, 6.45) is 6.52. The summed E-state index contributed by atoms with van der Waals surface area (Å²) in [5.41, 5.74) is 1.38. The molecule has 0 aliphatic heterocycles. The molecule has 1 N–H and O–H groups in total. The Morgan fingerprint density at radius 3 is 2.60 bits per heavy atom. The molecule has 0 spiro atoms. The van der Waals surface area contributed by atoms with E-state index in [9.17, 15) is 0 Å². The summed E-state index contributed by atoms with van der Waals surface area (Å²) in [6, 6.07) is 5.02. The van der Waals surface area contributed by atoms with Gasteiger partial charge in [-0.05, 0) is 62.0 Å². The van der Waals surface area contributed by atoms with Crippen molar-refractivity contribution in [3.05, 3.63) is 30.1 Å². The maximum absolute atomic E-state index is 4.10. The van der Waals surface area contributed by atoms with Crippen molar-refractivity contribution in [1.29, 1.82) is 0 Å². The molecule has 1 saturated carbocycles. The molecule has 2 unspecified atom stereocenters. The van der Waals surface area contributed by atoms with Crippen LogP contribution in [0.4, 0.5) is 0 Å². The number of aromatic nitrogens is 1. The summed E-state index contributed by atoms with van der Waals surface area (Å²) < 4.78 is 0. The van der Waals surface area contributed by atoms with Gasteiger partial charge in [0, 0.05) is 25.0 Å². The van der Waals surface area contributed by atoms with Crippen molar-refractivity contribution in [2.45, 2.75) is 46.2 Å². The SMILES string of the molecule is CCN(Cc1ccncc1)C1CCC1CNCC(C)C. The lowest BCUT2D eigenvalue weighted by molar-refractivity contribution is 0.0595. The molecule has 2 rings (SSSR count). The summed E-state index contributed by atoms with van der Waals surface area (Å²) in [6.45, 7) is 11.3. The molecule has 0 bridgehead atoms. The molecule has 1 fully saturated rings. The Labute approximate surface area is 123 Å². The molecule has 3 nitrogen and oxygen atoms in total. The normalized spacial score (nSPS) is 22.2. The number of nitrogens with one attached hydrogen (secondary N) is 1. The maximum Gasteiger partial charge on any atom is 0.0271 e. The fraction of sp³-hybridized carbons (Fsp3) is 0.706. The molecule has 0 aromatic carbocycles. The van der Waals surface area contributed by atoms with Crippen LogP contribution in [0.2, 0.25) is 0 Å². The molecule has 0 amide bonds. The van der Waals surface area contributed by atoms with Crippen LogP contribution in [-0.4, -0.2) is 35.6 Å². The summed E-state index contributed by atoms with van der Waals surface area (Å²) in [4.78, 5) is 6.73. The molecule has 20 heavy (non-hydrogen) atoms. The Bertz CT molecular complexity index is 377. The Kier molecular flexibility index (Phi) is 5.99. The Morgan fingerprint density at radius 2 is 2.05 bits per heavy atom. The fourth-order valence-corrected chi connectivity index (χ4v) is 3.01. The third kappa shape index (κ3) is 4.29. The smallest absolute Gasteiger partial charge is 0.0271 e. The van der Waals surface area contributed by atoms with E-state index in [1.807, 2.05) is 12.4 Å². The molecule has 112 valence electrons. The average Bonchev–Trinajstić information content (AvgIpc) is 2.42. The predicted octanol–water partition coefficient (Wildman–Crippen LogP) is 2.93. The standard InChI is InChI=1S/C17H29N3/c1-4-20(13-15-7-9-18-10-8-15)17-6-5-16(17)12-19-11-14(2)3/h7-10,14,16-17,19H,4-6,11-13H2,1-3H3. The lowest BCUT2D eigenvalue weighted by Gasteiger charge is -2.44. The van der Waals surface area contributed by atoms with Crippen molar-refractivity contribution in [3.8, 4) is 0 Å². The first-order valence-electron chi connectivity index (χ1n) is 8.04. The number of hydrogen-bond acceptors (Lipinski definition) is 3. The average molecular weight is 275 g/mol. The highest BCUT2D eigenvalue weighted by molar-refractivity contribution is 5.10. The predicted molar refractivity (Wildman–Crippen MR) is 84.5 cm³/mol. The summed E-state index contributed by atoms with van der Waals surface area (Å²) in [7, 11) is 0. The molecule has 0 radical (unpaired) electrons. The van der Waals surface area contributed by atoms with Gasteiger partial charge in [-0.3, -0.25) is 9.88 Å². The van der Waals surface area contributed by atoms with Crippen LogP contribution in [0, 0.1) is 11.8 Å². The summed E-state index contributed by atoms with van der Waals surface area (Å²) in [5.74, 6) is 1.57. The lowest BCUT2D eigenvalue weighted by Crippen LogP contribution is -2.50. The fourth-order valence-electron chi connectivity index (χ4n) is 3.01. The van der Waals surface area contributed by atoms with Gasteiger partial charge in [0.25, 0.3) is 0 Å². The minimum Gasteiger partial charge on any atom is -0.316 e. The van der Waals surface area contributed by atoms with Crippen LogP contribution in [-0.2, 0) is 6.54 Å². The second kappa shape index (κ2) is 7.75. The van der Waals surface area contributed by atoms with Gasteiger partial charge in [0.15, 0.2) is 0 Å². The van der Waals surface area contributed by atoms with Gasteiger partial charge in [-0.25, -0.2) is 0 Å².